The van der Waals surface area contributed by atoms with Crippen LogP contribution in [-0.2, 0) is 0 Å². The number of nitrogens with two attached hydrogens (primary N) is 1. The maximum atomic E-state index is 5.97. The van der Waals surface area contributed by atoms with Crippen LogP contribution in [0.15, 0.2) is 0 Å². The van der Waals surface area contributed by atoms with Crippen molar-refractivity contribution in [2.24, 2.45) is 0 Å². The molecule has 0 atom stereocenters. The van der Waals surface area contributed by atoms with Crippen molar-refractivity contribution in [3.63, 3.8) is 0 Å². The number of nitrogen functional groups attached to an aromatic ring is 1. The van der Waals surface area contributed by atoms with E-state index in [1.165, 1.54) is 0 Å². The molecule has 0 bridgehead atoms. The van der Waals surface area contributed by atoms with Gasteiger partial charge in [-0.2, -0.15) is 0 Å². The quantitative estimate of drug-likeness (QED) is 0.839. The van der Waals surface area contributed by atoms with Gasteiger partial charge in [-0.3, -0.25) is 0 Å². The standard InChI is InChI=1S/C14H26N4/c1-7-14(6,8-2)18-13-10(5)11(15)16-12(17-13)9(3)4/h9H,7-8H2,1-6H3,(H3,15,16,17,18). The second-order valence-electron chi connectivity index (χ2n) is 5.49. The van der Waals surface area contributed by atoms with Gasteiger partial charge in [0.2, 0.25) is 0 Å². The Labute approximate surface area is 110 Å². The molecule has 1 heterocycles. The molecule has 1 aromatic heterocycles. The lowest BCUT2D eigenvalue weighted by atomic mass is 9.95. The molecule has 18 heavy (non-hydrogen) atoms. The van der Waals surface area contributed by atoms with Crippen LogP contribution in [0.4, 0.5) is 11.6 Å². The van der Waals surface area contributed by atoms with E-state index >= 15 is 0 Å². The van der Waals surface area contributed by atoms with Gasteiger partial charge in [0.1, 0.15) is 17.5 Å². The predicted molar refractivity (Wildman–Crippen MR) is 77.9 cm³/mol. The third-order valence-corrected chi connectivity index (χ3v) is 3.70. The molecule has 0 aliphatic heterocycles. The van der Waals surface area contributed by atoms with Gasteiger partial charge < -0.3 is 11.1 Å². The van der Waals surface area contributed by atoms with E-state index in [2.05, 4.69) is 49.9 Å². The second-order valence-corrected chi connectivity index (χ2v) is 5.49. The minimum Gasteiger partial charge on any atom is -0.383 e. The molecule has 0 aromatic carbocycles. The molecule has 1 rings (SSSR count). The maximum Gasteiger partial charge on any atom is 0.135 e. The van der Waals surface area contributed by atoms with Crippen molar-refractivity contribution < 1.29 is 0 Å². The second kappa shape index (κ2) is 5.55. The Morgan fingerprint density at radius 1 is 1.22 bits per heavy atom. The molecular formula is C14H26N4. The fourth-order valence-electron chi connectivity index (χ4n) is 1.64. The Hall–Kier alpha value is -1.32. The first-order chi connectivity index (χ1) is 8.33. The summed E-state index contributed by atoms with van der Waals surface area (Å²) in [5.41, 5.74) is 6.96. The van der Waals surface area contributed by atoms with Crippen LogP contribution in [-0.4, -0.2) is 15.5 Å². The molecule has 0 radical (unpaired) electrons. The highest BCUT2D eigenvalue weighted by atomic mass is 15.1. The predicted octanol–water partition coefficient (Wildman–Crippen LogP) is 3.48. The maximum absolute atomic E-state index is 5.97. The lowest BCUT2D eigenvalue weighted by Crippen LogP contribution is -2.34. The topological polar surface area (TPSA) is 63.8 Å². The number of nitrogens with one attached hydrogen (secondary N) is 1. The van der Waals surface area contributed by atoms with Gasteiger partial charge in [0.05, 0.1) is 0 Å². The normalized spacial score (nSPS) is 11.9. The van der Waals surface area contributed by atoms with Gasteiger partial charge in [-0.1, -0.05) is 27.7 Å². The van der Waals surface area contributed by atoms with Gasteiger partial charge in [0.25, 0.3) is 0 Å². The molecule has 0 saturated heterocycles. The molecule has 102 valence electrons. The Balaban J connectivity index is 3.15. The first kappa shape index (κ1) is 14.7. The van der Waals surface area contributed by atoms with Gasteiger partial charge in [-0.05, 0) is 26.7 Å². The van der Waals surface area contributed by atoms with Crippen LogP contribution in [0.25, 0.3) is 0 Å². The first-order valence-electron chi connectivity index (χ1n) is 6.75. The van der Waals surface area contributed by atoms with Crippen molar-refractivity contribution in [2.45, 2.75) is 65.8 Å². The highest BCUT2D eigenvalue weighted by Crippen LogP contribution is 2.26. The van der Waals surface area contributed by atoms with Gasteiger partial charge in [0, 0.05) is 17.0 Å². The summed E-state index contributed by atoms with van der Waals surface area (Å²) in [6.45, 7) is 12.7. The average Bonchev–Trinajstić information content (AvgIpc) is 2.34. The minimum absolute atomic E-state index is 0.0554. The summed E-state index contributed by atoms with van der Waals surface area (Å²) in [5, 5.41) is 3.53. The lowest BCUT2D eigenvalue weighted by Gasteiger charge is -2.30. The van der Waals surface area contributed by atoms with Gasteiger partial charge in [0.15, 0.2) is 0 Å². The molecule has 0 spiro atoms. The molecule has 1 aromatic rings. The lowest BCUT2D eigenvalue weighted by molar-refractivity contribution is 0.476. The molecule has 4 nitrogen and oxygen atoms in total. The van der Waals surface area contributed by atoms with Gasteiger partial charge >= 0.3 is 0 Å². The Bertz CT molecular complexity index is 409. The van der Waals surface area contributed by atoms with E-state index in [9.17, 15) is 0 Å². The summed E-state index contributed by atoms with van der Waals surface area (Å²) in [6, 6.07) is 0. The van der Waals surface area contributed by atoms with Crippen molar-refractivity contribution in [1.82, 2.24) is 9.97 Å². The van der Waals surface area contributed by atoms with Crippen molar-refractivity contribution in [2.75, 3.05) is 11.1 Å². The van der Waals surface area contributed by atoms with Crippen molar-refractivity contribution in [1.29, 1.82) is 0 Å². The van der Waals surface area contributed by atoms with Crippen molar-refractivity contribution in [3.8, 4) is 0 Å². The summed E-state index contributed by atoms with van der Waals surface area (Å²) < 4.78 is 0. The molecular weight excluding hydrogens is 224 g/mol. The van der Waals surface area contributed by atoms with Crippen molar-refractivity contribution in [3.05, 3.63) is 11.4 Å². The summed E-state index contributed by atoms with van der Waals surface area (Å²) in [7, 11) is 0. The molecule has 4 heteroatoms. The summed E-state index contributed by atoms with van der Waals surface area (Å²) >= 11 is 0. The van der Waals surface area contributed by atoms with Gasteiger partial charge in [-0.15, -0.1) is 0 Å². The SMILES string of the molecule is CCC(C)(CC)Nc1nc(C(C)C)nc(N)c1C. The molecule has 0 aliphatic rings. The van der Waals surface area contributed by atoms with Crippen molar-refractivity contribution >= 4 is 11.6 Å². The summed E-state index contributed by atoms with van der Waals surface area (Å²) in [5.74, 6) is 2.53. The van der Waals surface area contributed by atoms with Crippen LogP contribution >= 0.6 is 0 Å². The first-order valence-corrected chi connectivity index (χ1v) is 6.75. The van der Waals surface area contributed by atoms with Crippen LogP contribution in [0.2, 0.25) is 0 Å². The average molecular weight is 250 g/mol. The molecule has 0 saturated carbocycles. The van der Waals surface area contributed by atoms with Crippen LogP contribution in [0.5, 0.6) is 0 Å². The molecule has 0 aliphatic carbocycles. The van der Waals surface area contributed by atoms with E-state index in [4.69, 9.17) is 5.73 Å². The minimum atomic E-state index is 0.0554. The zero-order chi connectivity index (χ0) is 13.9. The molecule has 3 N–H and O–H groups in total. The number of hydrogen-bond donors (Lipinski definition) is 2. The fraction of sp³-hybridized carbons (Fsp3) is 0.714. The van der Waals surface area contributed by atoms with Crippen LogP contribution in [0.3, 0.4) is 0 Å². The third kappa shape index (κ3) is 3.12. The largest absolute Gasteiger partial charge is 0.383 e. The van der Waals surface area contributed by atoms with Crippen LogP contribution < -0.4 is 11.1 Å². The third-order valence-electron chi connectivity index (χ3n) is 3.70. The number of anilines is 2. The van der Waals surface area contributed by atoms with E-state index in [1.807, 2.05) is 6.92 Å². The Morgan fingerprint density at radius 2 is 1.78 bits per heavy atom. The smallest absolute Gasteiger partial charge is 0.135 e. The zero-order valence-corrected chi connectivity index (χ0v) is 12.5. The molecule has 0 amide bonds. The number of hydrogen-bond acceptors (Lipinski definition) is 4. The zero-order valence-electron chi connectivity index (χ0n) is 12.5. The van der Waals surface area contributed by atoms with Crippen LogP contribution in [0, 0.1) is 6.92 Å². The van der Waals surface area contributed by atoms with E-state index in [1.54, 1.807) is 0 Å². The summed E-state index contributed by atoms with van der Waals surface area (Å²) in [4.78, 5) is 8.95. The van der Waals surface area contributed by atoms with E-state index in [0.29, 0.717) is 5.82 Å². The Kier molecular flexibility index (Phi) is 4.54. The Morgan fingerprint density at radius 3 is 2.22 bits per heavy atom. The number of nitrogens with zero attached hydrogens (tertiary/aromatic N) is 2. The van der Waals surface area contributed by atoms with E-state index in [-0.39, 0.29) is 11.5 Å². The number of rotatable bonds is 5. The molecule has 0 fully saturated rings. The number of aromatic nitrogens is 2. The fourth-order valence-corrected chi connectivity index (χ4v) is 1.64. The monoisotopic (exact) mass is 250 g/mol. The van der Waals surface area contributed by atoms with Crippen LogP contribution in [0.1, 0.15) is 64.8 Å². The van der Waals surface area contributed by atoms with Gasteiger partial charge in [-0.25, -0.2) is 9.97 Å². The van der Waals surface area contributed by atoms with E-state index in [0.717, 1.165) is 30.0 Å². The molecule has 0 unspecified atom stereocenters. The highest BCUT2D eigenvalue weighted by molar-refractivity contribution is 5.56. The highest BCUT2D eigenvalue weighted by Gasteiger charge is 2.22. The van der Waals surface area contributed by atoms with E-state index < -0.39 is 0 Å². The summed E-state index contributed by atoms with van der Waals surface area (Å²) in [6.07, 6.45) is 2.09.